The molecule has 19 heavy (non-hydrogen) atoms. The van der Waals surface area contributed by atoms with Gasteiger partial charge in [-0.1, -0.05) is 0 Å². The fraction of sp³-hybridized carbons (Fsp3) is 0. The molecule has 0 spiro atoms. The largest absolute Gasteiger partial charge is 0.447 e. The van der Waals surface area contributed by atoms with Crippen molar-refractivity contribution in [3.63, 3.8) is 0 Å². The Morgan fingerprint density at radius 1 is 1.11 bits per heavy atom. The van der Waals surface area contributed by atoms with Crippen molar-refractivity contribution in [1.29, 1.82) is 0 Å². The Kier molecular flexibility index (Phi) is 3.28. The number of nitro groups is 1. The Morgan fingerprint density at radius 3 is 2.47 bits per heavy atom. The average Bonchev–Trinajstić information content (AvgIpc) is 2.32. The molecule has 0 radical (unpaired) electrons. The number of nitrogens with two attached hydrogens (primary N) is 1. The molecule has 0 atom stereocenters. The highest BCUT2D eigenvalue weighted by atomic mass is 19.1. The predicted molar refractivity (Wildman–Crippen MR) is 63.9 cm³/mol. The summed E-state index contributed by atoms with van der Waals surface area (Å²) in [6.45, 7) is 0. The van der Waals surface area contributed by atoms with Gasteiger partial charge in [0.15, 0.2) is 11.6 Å². The van der Waals surface area contributed by atoms with Crippen molar-refractivity contribution in [2.45, 2.75) is 0 Å². The molecule has 2 rings (SSSR count). The van der Waals surface area contributed by atoms with Crippen LogP contribution in [0.1, 0.15) is 0 Å². The summed E-state index contributed by atoms with van der Waals surface area (Å²) in [5.74, 6) is -2.27. The molecular formula is C12H8F2N2O3. The number of halogens is 2. The van der Waals surface area contributed by atoms with E-state index < -0.39 is 16.6 Å². The van der Waals surface area contributed by atoms with E-state index in [-0.39, 0.29) is 22.9 Å². The molecule has 0 aliphatic heterocycles. The van der Waals surface area contributed by atoms with Crippen molar-refractivity contribution in [3.8, 4) is 11.5 Å². The average molecular weight is 266 g/mol. The number of nitro benzene ring substituents is 1. The summed E-state index contributed by atoms with van der Waals surface area (Å²) in [7, 11) is 0. The van der Waals surface area contributed by atoms with Crippen LogP contribution in [0.4, 0.5) is 20.2 Å². The summed E-state index contributed by atoms with van der Waals surface area (Å²) in [4.78, 5) is 10.1. The van der Waals surface area contributed by atoms with Gasteiger partial charge in [-0.3, -0.25) is 10.1 Å². The quantitative estimate of drug-likeness (QED) is 0.525. The van der Waals surface area contributed by atoms with Gasteiger partial charge in [0.2, 0.25) is 5.75 Å². The zero-order valence-corrected chi connectivity index (χ0v) is 9.47. The van der Waals surface area contributed by atoms with Gasteiger partial charge < -0.3 is 10.5 Å². The number of benzene rings is 2. The summed E-state index contributed by atoms with van der Waals surface area (Å²) in [6.07, 6.45) is 0. The van der Waals surface area contributed by atoms with Gasteiger partial charge in [0.05, 0.1) is 4.92 Å². The second-order valence-electron chi connectivity index (χ2n) is 3.66. The van der Waals surface area contributed by atoms with Crippen LogP contribution in [0.5, 0.6) is 11.5 Å². The lowest BCUT2D eigenvalue weighted by atomic mass is 10.2. The minimum Gasteiger partial charge on any atom is -0.447 e. The number of hydrogen-bond acceptors (Lipinski definition) is 4. The van der Waals surface area contributed by atoms with E-state index in [1.807, 2.05) is 0 Å². The van der Waals surface area contributed by atoms with Crippen molar-refractivity contribution in [2.75, 3.05) is 5.73 Å². The normalized spacial score (nSPS) is 10.2. The van der Waals surface area contributed by atoms with E-state index in [0.717, 1.165) is 18.2 Å². The van der Waals surface area contributed by atoms with Crippen molar-refractivity contribution in [3.05, 3.63) is 58.1 Å². The first-order valence-electron chi connectivity index (χ1n) is 5.14. The first kappa shape index (κ1) is 12.7. The molecule has 0 bridgehead atoms. The lowest BCUT2D eigenvalue weighted by molar-refractivity contribution is -0.385. The second kappa shape index (κ2) is 4.89. The maximum Gasteiger partial charge on any atom is 0.311 e. The highest BCUT2D eigenvalue weighted by Gasteiger charge is 2.17. The fourth-order valence-corrected chi connectivity index (χ4v) is 1.44. The Balaban J connectivity index is 2.42. The van der Waals surface area contributed by atoms with Crippen LogP contribution in [-0.4, -0.2) is 4.92 Å². The SMILES string of the molecule is Nc1ccc([N+](=O)[O-])c(Oc2ccc(F)cc2F)c1. The number of ether oxygens (including phenoxy) is 1. The van der Waals surface area contributed by atoms with E-state index in [9.17, 15) is 18.9 Å². The summed E-state index contributed by atoms with van der Waals surface area (Å²) in [5, 5.41) is 10.8. The first-order valence-corrected chi connectivity index (χ1v) is 5.14. The van der Waals surface area contributed by atoms with Crippen molar-refractivity contribution < 1.29 is 18.4 Å². The number of nitrogen functional groups attached to an aromatic ring is 1. The third-order valence-electron chi connectivity index (χ3n) is 2.29. The van der Waals surface area contributed by atoms with Crippen molar-refractivity contribution in [1.82, 2.24) is 0 Å². The van der Waals surface area contributed by atoms with E-state index in [2.05, 4.69) is 0 Å². The predicted octanol–water partition coefficient (Wildman–Crippen LogP) is 3.25. The molecule has 0 aromatic heterocycles. The molecular weight excluding hydrogens is 258 g/mol. The molecule has 2 aromatic carbocycles. The maximum atomic E-state index is 13.4. The van der Waals surface area contributed by atoms with Gasteiger partial charge >= 0.3 is 5.69 Å². The van der Waals surface area contributed by atoms with Gasteiger partial charge in [0.25, 0.3) is 0 Å². The van der Waals surface area contributed by atoms with E-state index in [1.165, 1.54) is 12.1 Å². The third-order valence-corrected chi connectivity index (χ3v) is 2.29. The van der Waals surface area contributed by atoms with Crippen LogP contribution in [-0.2, 0) is 0 Å². The van der Waals surface area contributed by atoms with Crippen LogP contribution in [0.15, 0.2) is 36.4 Å². The molecule has 98 valence electrons. The number of nitrogens with zero attached hydrogens (tertiary/aromatic N) is 1. The topological polar surface area (TPSA) is 78.4 Å². The lowest BCUT2D eigenvalue weighted by Crippen LogP contribution is -1.96. The van der Waals surface area contributed by atoms with Crippen molar-refractivity contribution in [2.24, 2.45) is 0 Å². The molecule has 0 aliphatic carbocycles. The number of anilines is 1. The molecule has 5 nitrogen and oxygen atoms in total. The Labute approximate surface area is 106 Å². The summed E-state index contributed by atoms with van der Waals surface area (Å²) < 4.78 is 31.2. The third kappa shape index (κ3) is 2.76. The molecule has 0 amide bonds. The zero-order valence-electron chi connectivity index (χ0n) is 9.47. The van der Waals surface area contributed by atoms with E-state index in [1.54, 1.807) is 0 Å². The monoisotopic (exact) mass is 266 g/mol. The maximum absolute atomic E-state index is 13.4. The van der Waals surface area contributed by atoms with Gasteiger partial charge in [0, 0.05) is 23.9 Å². The van der Waals surface area contributed by atoms with E-state index in [4.69, 9.17) is 10.5 Å². The molecule has 2 aromatic rings. The highest BCUT2D eigenvalue weighted by molar-refractivity contribution is 5.57. The van der Waals surface area contributed by atoms with Gasteiger partial charge in [-0.05, 0) is 18.2 Å². The Bertz CT molecular complexity index is 647. The summed E-state index contributed by atoms with van der Waals surface area (Å²) >= 11 is 0. The van der Waals surface area contributed by atoms with Gasteiger partial charge in [-0.2, -0.15) is 0 Å². The highest BCUT2D eigenvalue weighted by Crippen LogP contribution is 2.34. The van der Waals surface area contributed by atoms with Crippen LogP contribution in [0.3, 0.4) is 0 Å². The molecule has 0 unspecified atom stereocenters. The van der Waals surface area contributed by atoms with E-state index in [0.29, 0.717) is 6.07 Å². The minimum absolute atomic E-state index is 0.212. The standard InChI is InChI=1S/C12H8F2N2O3/c13-7-1-4-11(9(14)5-7)19-12-6-8(15)2-3-10(12)16(17)18/h1-6H,15H2. The van der Waals surface area contributed by atoms with Crippen LogP contribution >= 0.6 is 0 Å². The van der Waals surface area contributed by atoms with Crippen LogP contribution in [0.2, 0.25) is 0 Å². The molecule has 0 saturated heterocycles. The number of rotatable bonds is 3. The molecule has 0 fully saturated rings. The first-order chi connectivity index (χ1) is 8.97. The van der Waals surface area contributed by atoms with E-state index >= 15 is 0 Å². The van der Waals surface area contributed by atoms with Crippen LogP contribution < -0.4 is 10.5 Å². The molecule has 0 saturated carbocycles. The van der Waals surface area contributed by atoms with Crippen LogP contribution in [0.25, 0.3) is 0 Å². The molecule has 0 heterocycles. The van der Waals surface area contributed by atoms with Crippen molar-refractivity contribution >= 4 is 11.4 Å². The minimum atomic E-state index is -0.961. The molecule has 7 heteroatoms. The zero-order chi connectivity index (χ0) is 14.0. The molecule has 0 aliphatic rings. The summed E-state index contributed by atoms with van der Waals surface area (Å²) in [5.41, 5.74) is 5.35. The van der Waals surface area contributed by atoms with Gasteiger partial charge in [-0.25, -0.2) is 8.78 Å². The Hall–Kier alpha value is -2.70. The van der Waals surface area contributed by atoms with Gasteiger partial charge in [0.1, 0.15) is 5.82 Å². The smallest absolute Gasteiger partial charge is 0.311 e. The summed E-state index contributed by atoms with van der Waals surface area (Å²) in [6, 6.07) is 6.31. The lowest BCUT2D eigenvalue weighted by Gasteiger charge is -2.07. The number of hydrogen-bond donors (Lipinski definition) is 1. The van der Waals surface area contributed by atoms with Crippen LogP contribution in [0, 0.1) is 21.7 Å². The Morgan fingerprint density at radius 2 is 1.84 bits per heavy atom. The van der Waals surface area contributed by atoms with Gasteiger partial charge in [-0.15, -0.1) is 0 Å². The fourth-order valence-electron chi connectivity index (χ4n) is 1.44. The molecule has 2 N–H and O–H groups in total. The second-order valence-corrected chi connectivity index (χ2v) is 3.66.